The summed E-state index contributed by atoms with van der Waals surface area (Å²) in [5.41, 5.74) is 5.92. The fourth-order valence-electron chi connectivity index (χ4n) is 2.20. The fraction of sp³-hybridized carbons (Fsp3) is 0. The number of hydrogen-bond acceptors (Lipinski definition) is 2. The molecule has 0 amide bonds. The Balaban J connectivity index is 2.20. The maximum absolute atomic E-state index is 13.8. The third-order valence-electron chi connectivity index (χ3n) is 3.23. The number of anilines is 1. The highest BCUT2D eigenvalue weighted by molar-refractivity contribution is 9.10. The lowest BCUT2D eigenvalue weighted by Gasteiger charge is -2.05. The van der Waals surface area contributed by atoms with Gasteiger partial charge in [0.25, 0.3) is 0 Å². The van der Waals surface area contributed by atoms with Crippen LogP contribution in [0.2, 0.25) is 0 Å². The summed E-state index contributed by atoms with van der Waals surface area (Å²) < 4.78 is 27.7. The van der Waals surface area contributed by atoms with Crippen LogP contribution in [0.4, 0.5) is 14.5 Å². The lowest BCUT2D eigenvalue weighted by molar-refractivity contribution is 0.103. The Morgan fingerprint density at radius 2 is 1.90 bits per heavy atom. The molecule has 0 fully saturated rings. The quantitative estimate of drug-likeness (QED) is 0.541. The Kier molecular flexibility index (Phi) is 3.25. The smallest absolute Gasteiger partial charge is 0.198 e. The number of nitrogens with one attached hydrogen (secondary N) is 1. The minimum Gasteiger partial charge on any atom is -0.396 e. The van der Waals surface area contributed by atoms with E-state index in [0.29, 0.717) is 21.5 Å². The molecule has 2 aromatic carbocycles. The number of ketones is 1. The summed E-state index contributed by atoms with van der Waals surface area (Å²) in [5, 5.41) is 0.643. The molecular weight excluding hydrogens is 342 g/mol. The maximum Gasteiger partial charge on any atom is 0.198 e. The molecule has 0 spiro atoms. The van der Waals surface area contributed by atoms with Crippen LogP contribution in [0, 0.1) is 11.6 Å². The lowest BCUT2D eigenvalue weighted by Crippen LogP contribution is -2.06. The van der Waals surface area contributed by atoms with Gasteiger partial charge >= 0.3 is 0 Å². The van der Waals surface area contributed by atoms with Gasteiger partial charge < -0.3 is 10.7 Å². The van der Waals surface area contributed by atoms with Gasteiger partial charge in [-0.2, -0.15) is 0 Å². The molecule has 3 aromatic rings. The van der Waals surface area contributed by atoms with Crippen LogP contribution < -0.4 is 5.73 Å². The number of carbonyl (C=O) groups excluding carboxylic acids is 1. The number of benzene rings is 2. The van der Waals surface area contributed by atoms with E-state index in [1.807, 2.05) is 6.07 Å². The van der Waals surface area contributed by atoms with Gasteiger partial charge in [-0.05, 0) is 18.2 Å². The molecule has 0 bridgehead atoms. The highest BCUT2D eigenvalue weighted by atomic mass is 79.9. The van der Waals surface area contributed by atoms with Crippen LogP contribution in [-0.2, 0) is 0 Å². The number of aromatic amines is 1. The van der Waals surface area contributed by atoms with E-state index < -0.39 is 17.4 Å². The van der Waals surface area contributed by atoms with Crippen molar-refractivity contribution in [3.8, 4) is 0 Å². The number of carbonyl (C=O) groups is 1. The Labute approximate surface area is 126 Å². The van der Waals surface area contributed by atoms with E-state index in [2.05, 4.69) is 20.9 Å². The summed E-state index contributed by atoms with van der Waals surface area (Å²) in [6.45, 7) is 0. The van der Waals surface area contributed by atoms with E-state index in [4.69, 9.17) is 5.73 Å². The summed E-state index contributed by atoms with van der Waals surface area (Å²) >= 11 is 3.36. The second-order valence-corrected chi connectivity index (χ2v) is 5.40. The molecule has 0 saturated heterocycles. The summed E-state index contributed by atoms with van der Waals surface area (Å²) in [6, 6.07) is 7.03. The van der Waals surface area contributed by atoms with E-state index in [-0.39, 0.29) is 11.3 Å². The zero-order chi connectivity index (χ0) is 15.1. The Hall–Kier alpha value is -2.21. The first kappa shape index (κ1) is 13.8. The lowest BCUT2D eigenvalue weighted by atomic mass is 10.0. The van der Waals surface area contributed by atoms with Gasteiger partial charge in [0.05, 0.1) is 11.3 Å². The number of halogens is 3. The maximum atomic E-state index is 13.8. The predicted molar refractivity (Wildman–Crippen MR) is 80.2 cm³/mol. The van der Waals surface area contributed by atoms with Crippen molar-refractivity contribution in [1.82, 2.24) is 4.98 Å². The Bertz CT molecular complexity index is 873. The van der Waals surface area contributed by atoms with E-state index in [1.54, 1.807) is 12.1 Å². The summed E-state index contributed by atoms with van der Waals surface area (Å²) in [6.07, 6.45) is 1.50. The molecule has 0 radical (unpaired) electrons. The third kappa shape index (κ3) is 2.21. The third-order valence-corrected chi connectivity index (χ3v) is 3.89. The van der Waals surface area contributed by atoms with Crippen LogP contribution in [0.3, 0.4) is 0 Å². The highest BCUT2D eigenvalue weighted by Crippen LogP contribution is 2.29. The van der Waals surface area contributed by atoms with E-state index in [1.165, 1.54) is 6.20 Å². The topological polar surface area (TPSA) is 58.9 Å². The van der Waals surface area contributed by atoms with Gasteiger partial charge in [-0.15, -0.1) is 0 Å². The van der Waals surface area contributed by atoms with Gasteiger partial charge in [-0.1, -0.05) is 22.0 Å². The fourth-order valence-corrected chi connectivity index (χ4v) is 2.78. The van der Waals surface area contributed by atoms with Gasteiger partial charge in [0.2, 0.25) is 0 Å². The predicted octanol–water partition coefficient (Wildman–Crippen LogP) is 4.02. The van der Waals surface area contributed by atoms with Crippen LogP contribution in [0.15, 0.2) is 41.0 Å². The second kappa shape index (κ2) is 4.96. The zero-order valence-electron chi connectivity index (χ0n) is 10.6. The average molecular weight is 351 g/mol. The van der Waals surface area contributed by atoms with Gasteiger partial charge in [0.15, 0.2) is 5.78 Å². The average Bonchev–Trinajstić information content (AvgIpc) is 2.87. The molecule has 0 aliphatic rings. The highest BCUT2D eigenvalue weighted by Gasteiger charge is 2.20. The first-order chi connectivity index (χ1) is 9.99. The SMILES string of the molecule is Nc1cc(C(=O)c2c[nH]c3cccc(Br)c23)c(F)cc1F. The number of fused-ring (bicyclic) bond motifs is 1. The van der Waals surface area contributed by atoms with Crippen LogP contribution >= 0.6 is 15.9 Å². The molecule has 0 atom stereocenters. The Morgan fingerprint density at radius 1 is 1.14 bits per heavy atom. The molecule has 1 aromatic heterocycles. The van der Waals surface area contributed by atoms with Gasteiger partial charge in [0, 0.05) is 33.2 Å². The summed E-state index contributed by atoms with van der Waals surface area (Å²) in [5.74, 6) is -2.38. The van der Waals surface area contributed by atoms with E-state index in [0.717, 1.165) is 11.6 Å². The van der Waals surface area contributed by atoms with Gasteiger partial charge in [0.1, 0.15) is 11.6 Å². The number of H-pyrrole nitrogens is 1. The van der Waals surface area contributed by atoms with Crippen LogP contribution in [-0.4, -0.2) is 10.8 Å². The molecule has 0 saturated carbocycles. The van der Waals surface area contributed by atoms with Crippen molar-refractivity contribution in [1.29, 1.82) is 0 Å². The molecule has 3 N–H and O–H groups in total. The van der Waals surface area contributed by atoms with E-state index in [9.17, 15) is 13.6 Å². The minimum absolute atomic E-state index is 0.259. The van der Waals surface area contributed by atoms with Crippen molar-refractivity contribution in [2.24, 2.45) is 0 Å². The Morgan fingerprint density at radius 3 is 2.67 bits per heavy atom. The van der Waals surface area contributed by atoms with Crippen molar-refractivity contribution >= 4 is 38.3 Å². The summed E-state index contributed by atoms with van der Waals surface area (Å²) in [4.78, 5) is 15.4. The largest absolute Gasteiger partial charge is 0.396 e. The van der Waals surface area contributed by atoms with Gasteiger partial charge in [-0.3, -0.25) is 4.79 Å². The molecule has 21 heavy (non-hydrogen) atoms. The molecule has 3 rings (SSSR count). The monoisotopic (exact) mass is 350 g/mol. The first-order valence-electron chi connectivity index (χ1n) is 6.04. The normalized spacial score (nSPS) is 11.0. The van der Waals surface area contributed by atoms with Gasteiger partial charge in [-0.25, -0.2) is 8.78 Å². The number of aromatic nitrogens is 1. The van der Waals surface area contributed by atoms with Crippen LogP contribution in [0.1, 0.15) is 15.9 Å². The molecule has 106 valence electrons. The van der Waals surface area contributed by atoms with Crippen molar-refractivity contribution in [3.63, 3.8) is 0 Å². The molecular formula is C15H9BrF2N2O. The molecule has 1 heterocycles. The van der Waals surface area contributed by atoms with E-state index >= 15 is 0 Å². The van der Waals surface area contributed by atoms with Crippen molar-refractivity contribution in [2.45, 2.75) is 0 Å². The number of rotatable bonds is 2. The minimum atomic E-state index is -0.937. The molecule has 0 aliphatic carbocycles. The second-order valence-electron chi connectivity index (χ2n) is 4.55. The molecule has 6 heteroatoms. The van der Waals surface area contributed by atoms with Crippen LogP contribution in [0.5, 0.6) is 0 Å². The van der Waals surface area contributed by atoms with Crippen molar-refractivity contribution in [3.05, 3.63) is 63.8 Å². The summed E-state index contributed by atoms with van der Waals surface area (Å²) in [7, 11) is 0. The van der Waals surface area contributed by atoms with Crippen molar-refractivity contribution in [2.75, 3.05) is 5.73 Å². The van der Waals surface area contributed by atoms with Crippen molar-refractivity contribution < 1.29 is 13.6 Å². The van der Waals surface area contributed by atoms with Crippen LogP contribution in [0.25, 0.3) is 10.9 Å². The molecule has 3 nitrogen and oxygen atoms in total. The number of hydrogen-bond donors (Lipinski definition) is 2. The first-order valence-corrected chi connectivity index (χ1v) is 6.83. The zero-order valence-corrected chi connectivity index (χ0v) is 12.2. The number of nitrogens with two attached hydrogens (primary N) is 1. The number of nitrogen functional groups attached to an aromatic ring is 1. The molecule has 0 unspecified atom stereocenters. The standard InChI is InChI=1S/C15H9BrF2N2O/c16-9-2-1-3-13-14(9)8(6-20-13)15(21)7-4-12(19)11(18)5-10(7)17/h1-6,20H,19H2. The molecule has 0 aliphatic heterocycles.